The predicted molar refractivity (Wildman–Crippen MR) is 48.4 cm³/mol. The Morgan fingerprint density at radius 3 is 2.92 bits per heavy atom. The van der Waals surface area contributed by atoms with Crippen molar-refractivity contribution >= 4 is 5.97 Å². The van der Waals surface area contributed by atoms with Crippen LogP contribution >= 0.6 is 0 Å². The minimum Gasteiger partial charge on any atom is -0.469 e. The molecule has 0 amide bonds. The molecule has 72 valence electrons. The van der Waals surface area contributed by atoms with E-state index < -0.39 is 0 Å². The van der Waals surface area contributed by atoms with Gasteiger partial charge in [0.2, 0.25) is 0 Å². The quantitative estimate of drug-likeness (QED) is 0.671. The molecule has 0 fully saturated rings. The Hall–Kier alpha value is -1.25. The molecule has 0 spiro atoms. The molecule has 0 aliphatic rings. The first-order chi connectivity index (χ1) is 6.27. The highest BCUT2D eigenvalue weighted by atomic mass is 16.5. The van der Waals surface area contributed by atoms with E-state index in [1.807, 2.05) is 19.1 Å². The van der Waals surface area contributed by atoms with Crippen LogP contribution < -0.4 is 0 Å². The van der Waals surface area contributed by atoms with Crippen LogP contribution in [0.1, 0.15) is 31.4 Å². The van der Waals surface area contributed by atoms with E-state index >= 15 is 0 Å². The molecule has 0 aliphatic carbocycles. The van der Waals surface area contributed by atoms with Crippen molar-refractivity contribution in [3.63, 3.8) is 0 Å². The topological polar surface area (TPSA) is 39.4 Å². The van der Waals surface area contributed by atoms with Crippen molar-refractivity contribution in [2.24, 2.45) is 0 Å². The van der Waals surface area contributed by atoms with Gasteiger partial charge >= 0.3 is 5.97 Å². The molecule has 0 aliphatic heterocycles. The smallest absolute Gasteiger partial charge is 0.306 e. The summed E-state index contributed by atoms with van der Waals surface area (Å²) in [4.78, 5) is 11.0. The van der Waals surface area contributed by atoms with Crippen LogP contribution in [-0.4, -0.2) is 13.1 Å². The van der Waals surface area contributed by atoms with E-state index in [-0.39, 0.29) is 11.9 Å². The van der Waals surface area contributed by atoms with E-state index in [1.165, 1.54) is 7.11 Å². The normalized spacial score (nSPS) is 12.5. The average Bonchev–Trinajstić information content (AvgIpc) is 2.66. The lowest BCUT2D eigenvalue weighted by molar-refractivity contribution is -0.141. The second-order valence-corrected chi connectivity index (χ2v) is 2.90. The molecule has 0 aromatic carbocycles. The van der Waals surface area contributed by atoms with Gasteiger partial charge in [-0.05, 0) is 18.6 Å². The fourth-order valence-electron chi connectivity index (χ4n) is 1.25. The maximum Gasteiger partial charge on any atom is 0.306 e. The van der Waals surface area contributed by atoms with Gasteiger partial charge in [0.25, 0.3) is 0 Å². The SMILES string of the molecule is CC[C@H](CC(=O)OC)c1ccco1. The highest BCUT2D eigenvalue weighted by Crippen LogP contribution is 2.23. The van der Waals surface area contributed by atoms with Crippen molar-refractivity contribution in [2.45, 2.75) is 25.7 Å². The number of carbonyl (C=O) groups is 1. The minimum atomic E-state index is -0.191. The van der Waals surface area contributed by atoms with Crippen LogP contribution in [0.25, 0.3) is 0 Å². The number of methoxy groups -OCH3 is 1. The van der Waals surface area contributed by atoms with Crippen LogP contribution in [-0.2, 0) is 9.53 Å². The summed E-state index contributed by atoms with van der Waals surface area (Å²) in [5.74, 6) is 0.804. The number of hydrogen-bond donors (Lipinski definition) is 0. The maximum absolute atomic E-state index is 11.0. The lowest BCUT2D eigenvalue weighted by Gasteiger charge is -2.09. The third-order valence-corrected chi connectivity index (χ3v) is 2.08. The van der Waals surface area contributed by atoms with E-state index in [1.54, 1.807) is 6.26 Å². The Bertz CT molecular complexity index is 251. The summed E-state index contributed by atoms with van der Waals surface area (Å²) >= 11 is 0. The van der Waals surface area contributed by atoms with E-state index in [4.69, 9.17) is 4.42 Å². The molecular weight excluding hydrogens is 168 g/mol. The Labute approximate surface area is 77.7 Å². The standard InChI is InChI=1S/C10H14O3/c1-3-8(7-10(11)12-2)9-5-4-6-13-9/h4-6,8H,3,7H2,1-2H3/t8-/m1/s1. The molecule has 1 heterocycles. The Balaban J connectivity index is 2.58. The lowest BCUT2D eigenvalue weighted by atomic mass is 10.00. The first-order valence-corrected chi connectivity index (χ1v) is 4.38. The van der Waals surface area contributed by atoms with Gasteiger partial charge in [-0.1, -0.05) is 6.92 Å². The largest absolute Gasteiger partial charge is 0.469 e. The van der Waals surface area contributed by atoms with E-state index in [9.17, 15) is 4.79 Å². The number of rotatable bonds is 4. The molecule has 1 rings (SSSR count). The van der Waals surface area contributed by atoms with E-state index in [0.717, 1.165) is 12.2 Å². The van der Waals surface area contributed by atoms with Crippen LogP contribution in [0.2, 0.25) is 0 Å². The molecule has 1 atom stereocenters. The molecule has 0 saturated carbocycles. The van der Waals surface area contributed by atoms with Gasteiger partial charge in [0.15, 0.2) is 0 Å². The molecule has 1 aromatic rings. The Morgan fingerprint density at radius 1 is 1.69 bits per heavy atom. The highest BCUT2D eigenvalue weighted by molar-refractivity contribution is 5.70. The number of carbonyl (C=O) groups excluding carboxylic acids is 1. The van der Waals surface area contributed by atoms with Crippen LogP contribution in [0, 0.1) is 0 Å². The molecule has 0 N–H and O–H groups in total. The van der Waals surface area contributed by atoms with E-state index in [2.05, 4.69) is 4.74 Å². The molecule has 1 aromatic heterocycles. The minimum absolute atomic E-state index is 0.141. The zero-order valence-corrected chi connectivity index (χ0v) is 7.95. The van der Waals surface area contributed by atoms with E-state index in [0.29, 0.717) is 6.42 Å². The third kappa shape index (κ3) is 2.61. The lowest BCUT2D eigenvalue weighted by Crippen LogP contribution is -2.07. The Kier molecular flexibility index (Phi) is 3.55. The highest BCUT2D eigenvalue weighted by Gasteiger charge is 2.16. The van der Waals surface area contributed by atoms with Crippen molar-refractivity contribution in [1.82, 2.24) is 0 Å². The third-order valence-electron chi connectivity index (χ3n) is 2.08. The molecule has 0 bridgehead atoms. The van der Waals surface area contributed by atoms with Crippen molar-refractivity contribution in [3.05, 3.63) is 24.2 Å². The summed E-state index contributed by atoms with van der Waals surface area (Å²) in [5.41, 5.74) is 0. The van der Waals surface area contributed by atoms with Gasteiger partial charge in [-0.25, -0.2) is 0 Å². The molecule has 3 nitrogen and oxygen atoms in total. The second-order valence-electron chi connectivity index (χ2n) is 2.90. The first kappa shape index (κ1) is 9.84. The number of furan rings is 1. The van der Waals surface area contributed by atoms with Crippen LogP contribution in [0.15, 0.2) is 22.8 Å². The van der Waals surface area contributed by atoms with Gasteiger partial charge in [0.05, 0.1) is 19.8 Å². The van der Waals surface area contributed by atoms with Crippen LogP contribution in [0.5, 0.6) is 0 Å². The number of hydrogen-bond acceptors (Lipinski definition) is 3. The molecule has 0 unspecified atom stereocenters. The van der Waals surface area contributed by atoms with Gasteiger partial charge in [0.1, 0.15) is 5.76 Å². The fraction of sp³-hybridized carbons (Fsp3) is 0.500. The molecule has 3 heteroatoms. The Morgan fingerprint density at radius 2 is 2.46 bits per heavy atom. The fourth-order valence-corrected chi connectivity index (χ4v) is 1.25. The predicted octanol–water partition coefficient (Wildman–Crippen LogP) is 2.34. The summed E-state index contributed by atoms with van der Waals surface area (Å²) < 4.78 is 9.82. The number of ether oxygens (including phenoxy) is 1. The zero-order valence-electron chi connectivity index (χ0n) is 7.95. The summed E-state index contributed by atoms with van der Waals surface area (Å²) in [7, 11) is 1.40. The molecule has 0 saturated heterocycles. The van der Waals surface area contributed by atoms with Crippen molar-refractivity contribution < 1.29 is 13.9 Å². The summed E-state index contributed by atoms with van der Waals surface area (Å²) in [6, 6.07) is 3.71. The first-order valence-electron chi connectivity index (χ1n) is 4.38. The molecular formula is C10H14O3. The summed E-state index contributed by atoms with van der Waals surface area (Å²) in [6.45, 7) is 2.02. The van der Waals surface area contributed by atoms with Crippen molar-refractivity contribution in [1.29, 1.82) is 0 Å². The number of esters is 1. The van der Waals surface area contributed by atoms with Crippen LogP contribution in [0.3, 0.4) is 0 Å². The molecule has 13 heavy (non-hydrogen) atoms. The van der Waals surface area contributed by atoms with Gasteiger partial charge in [-0.15, -0.1) is 0 Å². The monoisotopic (exact) mass is 182 g/mol. The molecule has 0 radical (unpaired) electrons. The van der Waals surface area contributed by atoms with Crippen LogP contribution in [0.4, 0.5) is 0 Å². The van der Waals surface area contributed by atoms with Gasteiger partial charge in [-0.3, -0.25) is 4.79 Å². The van der Waals surface area contributed by atoms with Crippen molar-refractivity contribution in [2.75, 3.05) is 7.11 Å². The maximum atomic E-state index is 11.0. The van der Waals surface area contributed by atoms with Gasteiger partial charge in [0, 0.05) is 5.92 Å². The summed E-state index contributed by atoms with van der Waals surface area (Å²) in [5, 5.41) is 0. The zero-order chi connectivity index (χ0) is 9.68. The average molecular weight is 182 g/mol. The van der Waals surface area contributed by atoms with Gasteiger partial charge in [-0.2, -0.15) is 0 Å². The van der Waals surface area contributed by atoms with Crippen molar-refractivity contribution in [3.8, 4) is 0 Å². The summed E-state index contributed by atoms with van der Waals surface area (Å²) in [6.07, 6.45) is 2.89. The van der Waals surface area contributed by atoms with Gasteiger partial charge < -0.3 is 9.15 Å². The second kappa shape index (κ2) is 4.70.